The van der Waals surface area contributed by atoms with Crippen molar-refractivity contribution in [3.05, 3.63) is 76.9 Å². The number of esters is 1. The summed E-state index contributed by atoms with van der Waals surface area (Å²) in [6, 6.07) is 13.3. The Morgan fingerprint density at radius 3 is 2.11 bits per heavy atom. The van der Waals surface area contributed by atoms with Crippen molar-refractivity contribution < 1.29 is 28.7 Å². The number of carbonyl (C=O) groups is 5. The summed E-state index contributed by atoms with van der Waals surface area (Å²) in [6.07, 6.45) is 1.88. The van der Waals surface area contributed by atoms with Crippen molar-refractivity contribution in [1.29, 1.82) is 0 Å². The Balaban J connectivity index is 1.31. The first kappa shape index (κ1) is 21.9. The minimum atomic E-state index is -0.846. The Morgan fingerprint density at radius 1 is 0.861 bits per heavy atom. The van der Waals surface area contributed by atoms with Crippen LogP contribution in [0.3, 0.4) is 0 Å². The fraction of sp³-hybridized carbons (Fsp3) is 0.179. The molecule has 0 saturated heterocycles. The highest BCUT2D eigenvalue weighted by molar-refractivity contribution is 6.53. The molecular weight excluding hydrogens is 460 g/mol. The zero-order valence-electron chi connectivity index (χ0n) is 19.7. The molecule has 3 aromatic rings. The predicted octanol–water partition coefficient (Wildman–Crippen LogP) is 3.77. The third-order valence-corrected chi connectivity index (χ3v) is 6.89. The van der Waals surface area contributed by atoms with Gasteiger partial charge in [0.25, 0.3) is 23.5 Å². The van der Waals surface area contributed by atoms with Crippen LogP contribution >= 0.6 is 0 Å². The van der Waals surface area contributed by atoms with Crippen molar-refractivity contribution in [2.75, 3.05) is 11.4 Å². The van der Waals surface area contributed by atoms with E-state index in [1.807, 2.05) is 39.0 Å². The van der Waals surface area contributed by atoms with E-state index in [9.17, 15) is 24.0 Å². The Bertz CT molecular complexity index is 1580. The molecular formula is C28H20N2O6. The molecule has 0 spiro atoms. The summed E-state index contributed by atoms with van der Waals surface area (Å²) in [5, 5.41) is 1.33. The molecule has 0 radical (unpaired) electrons. The quantitative estimate of drug-likeness (QED) is 0.245. The third kappa shape index (κ3) is 2.90. The number of rotatable bonds is 3. The normalized spacial score (nSPS) is 17.5. The van der Waals surface area contributed by atoms with Crippen molar-refractivity contribution in [3.8, 4) is 5.75 Å². The van der Waals surface area contributed by atoms with Gasteiger partial charge >= 0.3 is 5.97 Å². The van der Waals surface area contributed by atoms with Crippen LogP contribution in [0, 0.1) is 0 Å². The number of Topliss-reactive ketones (excluding diaryl/α,β-unsaturated/α-hetero) is 1. The second-order valence-corrected chi connectivity index (χ2v) is 9.70. The van der Waals surface area contributed by atoms with Crippen molar-refractivity contribution in [2.24, 2.45) is 0 Å². The summed E-state index contributed by atoms with van der Waals surface area (Å²) in [6.45, 7) is 4.95. The number of nitrogens with zero attached hydrogens (tertiary/aromatic N) is 2. The molecule has 36 heavy (non-hydrogen) atoms. The van der Waals surface area contributed by atoms with E-state index in [0.29, 0.717) is 27.8 Å². The lowest BCUT2D eigenvalue weighted by molar-refractivity contribution is -0.134. The van der Waals surface area contributed by atoms with Crippen LogP contribution in [0.1, 0.15) is 57.4 Å². The van der Waals surface area contributed by atoms with Crippen molar-refractivity contribution >= 4 is 51.5 Å². The van der Waals surface area contributed by atoms with Gasteiger partial charge in [-0.15, -0.1) is 0 Å². The molecule has 0 aromatic heterocycles. The highest BCUT2D eigenvalue weighted by Crippen LogP contribution is 2.46. The van der Waals surface area contributed by atoms with E-state index in [4.69, 9.17) is 4.74 Å². The topological polar surface area (TPSA) is 101 Å². The average Bonchev–Trinajstić information content (AvgIpc) is 3.09. The molecule has 8 heteroatoms. The molecule has 8 nitrogen and oxygen atoms in total. The maximum absolute atomic E-state index is 13.1. The van der Waals surface area contributed by atoms with Crippen LogP contribution in [0.15, 0.2) is 54.6 Å². The highest BCUT2D eigenvalue weighted by Gasteiger charge is 2.47. The number of hydrogen-bond donors (Lipinski definition) is 0. The fourth-order valence-electron chi connectivity index (χ4n) is 5.44. The zero-order chi connectivity index (χ0) is 25.5. The van der Waals surface area contributed by atoms with Crippen LogP contribution in [0.25, 0.3) is 16.3 Å². The van der Waals surface area contributed by atoms with E-state index >= 15 is 0 Å². The second kappa shape index (κ2) is 7.21. The summed E-state index contributed by atoms with van der Waals surface area (Å²) >= 11 is 0. The van der Waals surface area contributed by atoms with Crippen molar-refractivity contribution in [3.63, 3.8) is 0 Å². The maximum Gasteiger partial charge on any atom is 0.331 e. The summed E-state index contributed by atoms with van der Waals surface area (Å²) in [5.74, 6) is -3.26. The van der Waals surface area contributed by atoms with Gasteiger partial charge in [-0.05, 0) is 56.0 Å². The van der Waals surface area contributed by atoms with E-state index in [1.165, 1.54) is 11.0 Å². The molecule has 0 aliphatic carbocycles. The molecule has 0 N–H and O–H groups in total. The van der Waals surface area contributed by atoms with E-state index in [0.717, 1.165) is 15.9 Å². The SMILES string of the molecule is CC1=CC(C)(C)N2C(=O)C(=O)c3cc(OC(=O)CN4C(=O)c5cccc6cccc(c56)C4=O)cc1c32. The molecule has 3 aliphatic heterocycles. The molecule has 3 aliphatic rings. The van der Waals surface area contributed by atoms with E-state index in [1.54, 1.807) is 30.3 Å². The number of amides is 3. The van der Waals surface area contributed by atoms with E-state index < -0.39 is 41.6 Å². The smallest absolute Gasteiger partial charge is 0.331 e. The van der Waals surface area contributed by atoms with E-state index in [2.05, 4.69) is 0 Å². The van der Waals surface area contributed by atoms with Gasteiger partial charge in [-0.3, -0.25) is 29.0 Å². The lowest BCUT2D eigenvalue weighted by atomic mass is 9.89. The van der Waals surface area contributed by atoms with Crippen LogP contribution in [-0.2, 0) is 9.59 Å². The number of ether oxygens (including phenoxy) is 1. The lowest BCUT2D eigenvalue weighted by Crippen LogP contribution is -2.47. The number of ketones is 1. The Hall–Kier alpha value is -4.59. The van der Waals surface area contributed by atoms with Crippen LogP contribution in [0.5, 0.6) is 5.75 Å². The first-order valence-electron chi connectivity index (χ1n) is 11.4. The van der Waals surface area contributed by atoms with Crippen LogP contribution in [0.4, 0.5) is 5.69 Å². The molecule has 6 rings (SSSR count). The number of hydrogen-bond acceptors (Lipinski definition) is 6. The van der Waals surface area contributed by atoms with Gasteiger partial charge in [0.15, 0.2) is 0 Å². The van der Waals surface area contributed by atoms with Crippen molar-refractivity contribution in [1.82, 2.24) is 4.90 Å². The van der Waals surface area contributed by atoms with Crippen LogP contribution < -0.4 is 9.64 Å². The zero-order valence-corrected chi connectivity index (χ0v) is 19.7. The lowest BCUT2D eigenvalue weighted by Gasteiger charge is -2.38. The molecule has 0 saturated carbocycles. The van der Waals surface area contributed by atoms with Gasteiger partial charge in [-0.2, -0.15) is 0 Å². The molecule has 0 bridgehead atoms. The summed E-state index contributed by atoms with van der Waals surface area (Å²) in [4.78, 5) is 66.8. The minimum Gasteiger partial charge on any atom is -0.425 e. The summed E-state index contributed by atoms with van der Waals surface area (Å²) in [5.41, 5.74) is 2.10. The Morgan fingerprint density at radius 2 is 1.47 bits per heavy atom. The molecule has 3 aromatic carbocycles. The predicted molar refractivity (Wildman–Crippen MR) is 131 cm³/mol. The monoisotopic (exact) mass is 480 g/mol. The first-order valence-corrected chi connectivity index (χ1v) is 11.4. The summed E-state index contributed by atoms with van der Waals surface area (Å²) < 4.78 is 5.49. The number of allylic oxidation sites excluding steroid dienone is 1. The molecule has 0 fully saturated rings. The van der Waals surface area contributed by atoms with Gasteiger partial charge in [-0.25, -0.2) is 4.79 Å². The third-order valence-electron chi connectivity index (χ3n) is 6.89. The van der Waals surface area contributed by atoms with Gasteiger partial charge in [-0.1, -0.05) is 30.3 Å². The van der Waals surface area contributed by atoms with Gasteiger partial charge in [0.2, 0.25) is 0 Å². The van der Waals surface area contributed by atoms with E-state index in [-0.39, 0.29) is 11.3 Å². The highest BCUT2D eigenvalue weighted by atomic mass is 16.5. The second-order valence-electron chi connectivity index (χ2n) is 9.70. The Kier molecular flexibility index (Phi) is 4.39. The molecule has 3 amide bonds. The Labute approximate surface area is 205 Å². The maximum atomic E-state index is 13.1. The van der Waals surface area contributed by atoms with Gasteiger partial charge < -0.3 is 4.74 Å². The number of imide groups is 1. The number of benzene rings is 3. The number of carbonyl (C=O) groups excluding carboxylic acids is 5. The van der Waals surface area contributed by atoms with Gasteiger partial charge in [0.05, 0.1) is 16.8 Å². The van der Waals surface area contributed by atoms with Crippen LogP contribution in [-0.4, -0.2) is 46.5 Å². The fourth-order valence-corrected chi connectivity index (χ4v) is 5.44. The molecule has 178 valence electrons. The molecule has 0 atom stereocenters. The minimum absolute atomic E-state index is 0.0589. The molecule has 0 unspecified atom stereocenters. The first-order chi connectivity index (χ1) is 17.1. The standard InChI is InChI=1S/C28H20N2O6/c1-14-12-28(2,3)30-23-19(14)10-16(11-20(23)24(32)27(30)35)36-21(31)13-29-25(33)17-8-4-6-15-7-5-9-18(22(15)17)26(29)34/h4-12H,13H2,1-3H3. The number of anilines is 1. The van der Waals surface area contributed by atoms with Crippen LogP contribution in [0.2, 0.25) is 0 Å². The molecule has 3 heterocycles. The van der Waals surface area contributed by atoms with Gasteiger partial charge in [0.1, 0.15) is 12.3 Å². The average molecular weight is 480 g/mol. The van der Waals surface area contributed by atoms with Crippen molar-refractivity contribution in [2.45, 2.75) is 26.3 Å². The largest absolute Gasteiger partial charge is 0.425 e. The summed E-state index contributed by atoms with van der Waals surface area (Å²) in [7, 11) is 0. The van der Waals surface area contributed by atoms with Gasteiger partial charge in [0, 0.05) is 22.1 Å².